The van der Waals surface area contributed by atoms with Crippen LogP contribution < -0.4 is 5.46 Å². The van der Waals surface area contributed by atoms with Crippen molar-refractivity contribution in [3.8, 4) is 17.2 Å². The van der Waals surface area contributed by atoms with Gasteiger partial charge in [0.25, 0.3) is 0 Å². The SMILES string of the molecule is CC1(C)OB(c2c(F)ccc(C#N)c2-c2cnnnc2)OC1(C)C. The minimum Gasteiger partial charge on any atom is -0.399 e. The maximum Gasteiger partial charge on any atom is 0.498 e. The maximum absolute atomic E-state index is 14.7. The van der Waals surface area contributed by atoms with Gasteiger partial charge in [0.15, 0.2) is 0 Å². The van der Waals surface area contributed by atoms with Crippen LogP contribution in [-0.4, -0.2) is 33.7 Å². The van der Waals surface area contributed by atoms with E-state index in [4.69, 9.17) is 9.31 Å². The Kier molecular flexibility index (Phi) is 3.86. The fourth-order valence-corrected chi connectivity index (χ4v) is 2.56. The predicted octanol–water partition coefficient (Wildman–Crippen LogP) is 1.85. The standard InChI is InChI=1S/C16H16BFN4O2/c1-15(2)16(3,4)24-17(23-15)14-12(18)6-5-10(7-19)13(14)11-8-20-22-21-9-11/h5-6,8-9H,1-4H3. The highest BCUT2D eigenvalue weighted by molar-refractivity contribution is 6.64. The summed E-state index contributed by atoms with van der Waals surface area (Å²) >= 11 is 0. The fourth-order valence-electron chi connectivity index (χ4n) is 2.56. The fraction of sp³-hybridized carbons (Fsp3) is 0.375. The smallest absolute Gasteiger partial charge is 0.399 e. The van der Waals surface area contributed by atoms with Crippen molar-refractivity contribution in [2.75, 3.05) is 0 Å². The maximum atomic E-state index is 14.7. The Bertz CT molecular complexity index is 805. The van der Waals surface area contributed by atoms with Crippen LogP contribution in [-0.2, 0) is 9.31 Å². The van der Waals surface area contributed by atoms with Crippen molar-refractivity contribution >= 4 is 12.6 Å². The molecule has 122 valence electrons. The summed E-state index contributed by atoms with van der Waals surface area (Å²) in [4.78, 5) is 0. The summed E-state index contributed by atoms with van der Waals surface area (Å²) in [7, 11) is -0.938. The number of nitriles is 1. The normalized spacial score (nSPS) is 18.4. The molecule has 1 aromatic heterocycles. The van der Waals surface area contributed by atoms with Crippen molar-refractivity contribution in [1.82, 2.24) is 15.4 Å². The molecule has 0 aliphatic carbocycles. The van der Waals surface area contributed by atoms with Gasteiger partial charge in [-0.15, -0.1) is 10.2 Å². The molecule has 8 heteroatoms. The van der Waals surface area contributed by atoms with Crippen LogP contribution in [0.2, 0.25) is 0 Å². The molecule has 1 aliphatic heterocycles. The zero-order valence-electron chi connectivity index (χ0n) is 13.9. The second kappa shape index (κ2) is 5.62. The average Bonchev–Trinajstić information content (AvgIpc) is 2.75. The van der Waals surface area contributed by atoms with E-state index < -0.39 is 24.1 Å². The number of hydrogen-bond donors (Lipinski definition) is 0. The molecule has 1 saturated heterocycles. The van der Waals surface area contributed by atoms with Gasteiger partial charge in [0, 0.05) is 16.6 Å². The van der Waals surface area contributed by atoms with Crippen molar-refractivity contribution in [2.24, 2.45) is 0 Å². The number of hydrogen-bond acceptors (Lipinski definition) is 6. The Labute approximate surface area is 139 Å². The van der Waals surface area contributed by atoms with E-state index in [9.17, 15) is 9.65 Å². The third kappa shape index (κ3) is 2.56. The second-order valence-corrected chi connectivity index (χ2v) is 6.62. The molecule has 0 saturated carbocycles. The van der Waals surface area contributed by atoms with Gasteiger partial charge in [0.05, 0.1) is 35.2 Å². The van der Waals surface area contributed by atoms with Gasteiger partial charge in [-0.1, -0.05) is 0 Å². The first-order chi connectivity index (χ1) is 11.3. The lowest BCUT2D eigenvalue weighted by Crippen LogP contribution is -2.41. The highest BCUT2D eigenvalue weighted by Crippen LogP contribution is 2.37. The van der Waals surface area contributed by atoms with Crippen molar-refractivity contribution in [2.45, 2.75) is 38.9 Å². The lowest BCUT2D eigenvalue weighted by atomic mass is 9.73. The van der Waals surface area contributed by atoms with Crippen LogP contribution in [0.4, 0.5) is 4.39 Å². The molecule has 0 amide bonds. The van der Waals surface area contributed by atoms with Crippen LogP contribution in [0, 0.1) is 17.1 Å². The number of aromatic nitrogens is 3. The van der Waals surface area contributed by atoms with E-state index in [2.05, 4.69) is 21.5 Å². The summed E-state index contributed by atoms with van der Waals surface area (Å²) < 4.78 is 26.6. The van der Waals surface area contributed by atoms with Crippen LogP contribution in [0.15, 0.2) is 24.5 Å². The molecule has 3 rings (SSSR count). The van der Waals surface area contributed by atoms with Crippen LogP contribution in [0.1, 0.15) is 33.3 Å². The summed E-state index contributed by atoms with van der Waals surface area (Å²) in [5.41, 5.74) is 0.0416. The lowest BCUT2D eigenvalue weighted by molar-refractivity contribution is 0.00578. The van der Waals surface area contributed by atoms with E-state index in [0.29, 0.717) is 11.1 Å². The molecular weight excluding hydrogens is 310 g/mol. The Morgan fingerprint density at radius 2 is 1.67 bits per heavy atom. The van der Waals surface area contributed by atoms with E-state index in [0.717, 1.165) is 0 Å². The molecule has 0 unspecified atom stereocenters. The first-order valence-electron chi connectivity index (χ1n) is 7.49. The van der Waals surface area contributed by atoms with Gasteiger partial charge in [-0.25, -0.2) is 4.39 Å². The Hall–Kier alpha value is -2.37. The summed E-state index contributed by atoms with van der Waals surface area (Å²) in [6.07, 6.45) is 2.86. The van der Waals surface area contributed by atoms with E-state index in [1.54, 1.807) is 0 Å². The predicted molar refractivity (Wildman–Crippen MR) is 85.7 cm³/mol. The number of benzene rings is 1. The van der Waals surface area contributed by atoms with E-state index in [1.165, 1.54) is 24.5 Å². The topological polar surface area (TPSA) is 80.9 Å². The average molecular weight is 326 g/mol. The molecule has 2 aromatic rings. The summed E-state index contributed by atoms with van der Waals surface area (Å²) in [6, 6.07) is 4.73. The van der Waals surface area contributed by atoms with Gasteiger partial charge >= 0.3 is 7.12 Å². The van der Waals surface area contributed by atoms with Crippen molar-refractivity contribution in [3.63, 3.8) is 0 Å². The first kappa shape index (κ1) is 16.5. The van der Waals surface area contributed by atoms with Crippen molar-refractivity contribution < 1.29 is 13.7 Å². The van der Waals surface area contributed by atoms with Gasteiger partial charge in [-0.2, -0.15) is 5.26 Å². The van der Waals surface area contributed by atoms with Gasteiger partial charge in [-0.3, -0.25) is 0 Å². The molecule has 6 nitrogen and oxygen atoms in total. The number of rotatable bonds is 2. The Morgan fingerprint density at radius 3 is 2.21 bits per heavy atom. The zero-order chi connectivity index (χ0) is 17.5. The summed E-state index contributed by atoms with van der Waals surface area (Å²) in [5.74, 6) is -0.515. The third-order valence-electron chi connectivity index (χ3n) is 4.59. The quantitative estimate of drug-likeness (QED) is 0.784. The largest absolute Gasteiger partial charge is 0.498 e. The molecule has 1 aromatic carbocycles. The molecule has 24 heavy (non-hydrogen) atoms. The molecule has 2 heterocycles. The molecule has 1 aliphatic rings. The highest BCUT2D eigenvalue weighted by atomic mass is 19.1. The van der Waals surface area contributed by atoms with Gasteiger partial charge < -0.3 is 9.31 Å². The Morgan fingerprint density at radius 1 is 1.08 bits per heavy atom. The highest BCUT2D eigenvalue weighted by Gasteiger charge is 2.53. The summed E-state index contributed by atoms with van der Waals surface area (Å²) in [6.45, 7) is 7.53. The van der Waals surface area contributed by atoms with Crippen LogP contribution >= 0.6 is 0 Å². The number of nitrogens with zero attached hydrogens (tertiary/aromatic N) is 4. The van der Waals surface area contributed by atoms with Gasteiger partial charge in [0.2, 0.25) is 0 Å². The Balaban J connectivity index is 2.21. The molecule has 0 atom stereocenters. The van der Waals surface area contributed by atoms with Crippen LogP contribution in [0.25, 0.3) is 11.1 Å². The molecule has 0 N–H and O–H groups in total. The molecule has 1 fully saturated rings. The van der Waals surface area contributed by atoms with Gasteiger partial charge in [0.1, 0.15) is 5.82 Å². The minimum atomic E-state index is -0.938. The molecule has 0 bridgehead atoms. The minimum absolute atomic E-state index is 0.169. The van der Waals surface area contributed by atoms with Crippen molar-refractivity contribution in [3.05, 3.63) is 35.9 Å². The van der Waals surface area contributed by atoms with E-state index >= 15 is 0 Å². The molecule has 0 radical (unpaired) electrons. The zero-order valence-corrected chi connectivity index (χ0v) is 13.9. The first-order valence-corrected chi connectivity index (χ1v) is 7.49. The lowest BCUT2D eigenvalue weighted by Gasteiger charge is -2.32. The molecule has 0 spiro atoms. The van der Waals surface area contributed by atoms with E-state index in [1.807, 2.05) is 27.7 Å². The van der Waals surface area contributed by atoms with Gasteiger partial charge in [-0.05, 0) is 45.0 Å². The van der Waals surface area contributed by atoms with E-state index in [-0.39, 0.29) is 11.0 Å². The number of halogens is 1. The second-order valence-electron chi connectivity index (χ2n) is 6.62. The van der Waals surface area contributed by atoms with Crippen LogP contribution in [0.3, 0.4) is 0 Å². The van der Waals surface area contributed by atoms with Crippen molar-refractivity contribution in [1.29, 1.82) is 5.26 Å². The monoisotopic (exact) mass is 326 g/mol. The van der Waals surface area contributed by atoms with Crippen LogP contribution in [0.5, 0.6) is 0 Å². The molecular formula is C16H16BFN4O2. The summed E-state index contributed by atoms with van der Waals surface area (Å²) in [5, 5.41) is 20.3. The third-order valence-corrected chi connectivity index (χ3v) is 4.59.